The normalized spacial score (nSPS) is 18.0. The molecular weight excluding hydrogens is 326 g/mol. The molecule has 0 radical (unpaired) electrons. The number of aryl methyl sites for hydroxylation is 1. The number of aliphatic imine (C=N–C) groups is 1. The van der Waals surface area contributed by atoms with Crippen LogP contribution in [0.25, 0.3) is 0 Å². The van der Waals surface area contributed by atoms with Crippen LogP contribution >= 0.6 is 0 Å². The second-order valence-electron chi connectivity index (χ2n) is 6.53. The number of ether oxygens (including phenoxy) is 1. The maximum Gasteiger partial charge on any atom is 0.193 e. The van der Waals surface area contributed by atoms with Crippen LogP contribution in [0, 0.1) is 0 Å². The van der Waals surface area contributed by atoms with Crippen LogP contribution in [0.4, 0.5) is 11.5 Å². The van der Waals surface area contributed by atoms with Gasteiger partial charge in [-0.05, 0) is 42.7 Å². The Hall–Kier alpha value is -2.60. The number of morpholine rings is 1. The lowest BCUT2D eigenvalue weighted by molar-refractivity contribution is 0.0529. The molecule has 6 nitrogen and oxygen atoms in total. The van der Waals surface area contributed by atoms with E-state index in [4.69, 9.17) is 10.5 Å². The SMILES string of the molecule is CCc1cccc(NC(N)=NCc2ccc(N3CCOC(C)C3)nc2)c1. The molecular formula is C20H27N5O. The minimum atomic E-state index is 0.243. The number of hydrogen-bond donors (Lipinski definition) is 2. The molecule has 2 heterocycles. The first kappa shape index (κ1) is 18.2. The van der Waals surface area contributed by atoms with E-state index < -0.39 is 0 Å². The van der Waals surface area contributed by atoms with Crippen LogP contribution in [0.3, 0.4) is 0 Å². The summed E-state index contributed by atoms with van der Waals surface area (Å²) in [5, 5.41) is 3.14. The van der Waals surface area contributed by atoms with Crippen LogP contribution in [0.2, 0.25) is 0 Å². The molecule has 0 amide bonds. The Kier molecular flexibility index (Phi) is 6.07. The largest absolute Gasteiger partial charge is 0.375 e. The predicted octanol–water partition coefficient (Wildman–Crippen LogP) is 2.80. The second-order valence-corrected chi connectivity index (χ2v) is 6.53. The summed E-state index contributed by atoms with van der Waals surface area (Å²) in [6.07, 6.45) is 3.10. The van der Waals surface area contributed by atoms with E-state index in [9.17, 15) is 0 Å². The summed E-state index contributed by atoms with van der Waals surface area (Å²) in [4.78, 5) is 11.2. The summed E-state index contributed by atoms with van der Waals surface area (Å²) in [5.41, 5.74) is 9.26. The Morgan fingerprint density at radius 3 is 2.96 bits per heavy atom. The predicted molar refractivity (Wildman–Crippen MR) is 107 cm³/mol. The average Bonchev–Trinajstić information content (AvgIpc) is 2.67. The van der Waals surface area contributed by atoms with Crippen molar-refractivity contribution in [1.29, 1.82) is 0 Å². The second kappa shape index (κ2) is 8.67. The number of nitrogens with zero attached hydrogens (tertiary/aromatic N) is 3. The van der Waals surface area contributed by atoms with Gasteiger partial charge in [-0.25, -0.2) is 9.98 Å². The van der Waals surface area contributed by atoms with Gasteiger partial charge in [0.1, 0.15) is 5.82 Å². The minimum absolute atomic E-state index is 0.243. The number of nitrogens with one attached hydrogen (secondary N) is 1. The number of aromatic nitrogens is 1. The first-order chi connectivity index (χ1) is 12.6. The lowest BCUT2D eigenvalue weighted by Crippen LogP contribution is -2.41. The highest BCUT2D eigenvalue weighted by atomic mass is 16.5. The summed E-state index contributed by atoms with van der Waals surface area (Å²) in [6, 6.07) is 12.3. The van der Waals surface area contributed by atoms with Crippen molar-refractivity contribution in [2.75, 3.05) is 29.9 Å². The molecule has 1 aromatic heterocycles. The molecule has 6 heteroatoms. The zero-order valence-corrected chi connectivity index (χ0v) is 15.5. The third-order valence-electron chi connectivity index (χ3n) is 4.41. The number of benzene rings is 1. The molecule has 3 rings (SSSR count). The van der Waals surface area contributed by atoms with E-state index in [-0.39, 0.29) is 6.10 Å². The zero-order chi connectivity index (χ0) is 18.4. The third-order valence-corrected chi connectivity index (χ3v) is 4.41. The molecule has 0 saturated carbocycles. The van der Waals surface area contributed by atoms with Crippen LogP contribution < -0.4 is 16.0 Å². The van der Waals surface area contributed by atoms with E-state index >= 15 is 0 Å². The number of nitrogens with two attached hydrogens (primary N) is 1. The molecule has 1 aromatic carbocycles. The molecule has 138 valence electrons. The van der Waals surface area contributed by atoms with Gasteiger partial charge in [0.25, 0.3) is 0 Å². The highest BCUT2D eigenvalue weighted by Crippen LogP contribution is 2.16. The fourth-order valence-electron chi connectivity index (χ4n) is 2.96. The number of pyridine rings is 1. The highest BCUT2D eigenvalue weighted by molar-refractivity contribution is 5.92. The molecule has 1 unspecified atom stereocenters. The van der Waals surface area contributed by atoms with E-state index in [0.717, 1.165) is 43.2 Å². The summed E-state index contributed by atoms with van der Waals surface area (Å²) in [5.74, 6) is 1.39. The van der Waals surface area contributed by atoms with Crippen LogP contribution in [0.1, 0.15) is 25.0 Å². The van der Waals surface area contributed by atoms with E-state index in [2.05, 4.69) is 52.2 Å². The highest BCUT2D eigenvalue weighted by Gasteiger charge is 2.17. The van der Waals surface area contributed by atoms with Crippen molar-refractivity contribution in [3.8, 4) is 0 Å². The fourth-order valence-corrected chi connectivity index (χ4v) is 2.96. The molecule has 26 heavy (non-hydrogen) atoms. The lowest BCUT2D eigenvalue weighted by atomic mass is 10.1. The summed E-state index contributed by atoms with van der Waals surface area (Å²) in [7, 11) is 0. The van der Waals surface area contributed by atoms with Gasteiger partial charge in [0.15, 0.2) is 5.96 Å². The maximum absolute atomic E-state index is 6.00. The van der Waals surface area contributed by atoms with Crippen molar-refractivity contribution in [3.63, 3.8) is 0 Å². The van der Waals surface area contributed by atoms with Crippen molar-refractivity contribution in [2.24, 2.45) is 10.7 Å². The Balaban J connectivity index is 1.57. The van der Waals surface area contributed by atoms with E-state index in [1.165, 1.54) is 5.56 Å². The monoisotopic (exact) mass is 353 g/mol. The molecule has 0 aliphatic carbocycles. The number of anilines is 2. The summed E-state index contributed by atoms with van der Waals surface area (Å²) in [6.45, 7) is 7.21. The van der Waals surface area contributed by atoms with Gasteiger partial charge in [-0.15, -0.1) is 0 Å². The van der Waals surface area contributed by atoms with Gasteiger partial charge in [-0.2, -0.15) is 0 Å². The van der Waals surface area contributed by atoms with Gasteiger partial charge in [0.05, 0.1) is 19.3 Å². The van der Waals surface area contributed by atoms with Gasteiger partial charge in [0, 0.05) is 25.0 Å². The van der Waals surface area contributed by atoms with Gasteiger partial charge < -0.3 is 20.7 Å². The molecule has 3 N–H and O–H groups in total. The van der Waals surface area contributed by atoms with Gasteiger partial charge >= 0.3 is 0 Å². The van der Waals surface area contributed by atoms with Crippen molar-refractivity contribution in [2.45, 2.75) is 32.9 Å². The van der Waals surface area contributed by atoms with Crippen LogP contribution in [0.15, 0.2) is 47.6 Å². The molecule has 1 atom stereocenters. The number of guanidine groups is 1. The Morgan fingerprint density at radius 2 is 2.23 bits per heavy atom. The van der Waals surface area contributed by atoms with E-state index in [1.54, 1.807) is 0 Å². The van der Waals surface area contributed by atoms with E-state index in [0.29, 0.717) is 12.5 Å². The summed E-state index contributed by atoms with van der Waals surface area (Å²) < 4.78 is 5.57. The first-order valence-electron chi connectivity index (χ1n) is 9.11. The molecule has 2 aromatic rings. The molecule has 0 spiro atoms. The molecule has 1 aliphatic heterocycles. The maximum atomic E-state index is 6.00. The molecule has 1 aliphatic rings. The van der Waals surface area contributed by atoms with Crippen LogP contribution in [0.5, 0.6) is 0 Å². The zero-order valence-electron chi connectivity index (χ0n) is 15.5. The minimum Gasteiger partial charge on any atom is -0.375 e. The van der Waals surface area contributed by atoms with Crippen LogP contribution in [-0.4, -0.2) is 36.7 Å². The lowest BCUT2D eigenvalue weighted by Gasteiger charge is -2.32. The third kappa shape index (κ3) is 4.95. The fraction of sp³-hybridized carbons (Fsp3) is 0.400. The van der Waals surface area contributed by atoms with Crippen molar-refractivity contribution >= 4 is 17.5 Å². The Bertz CT molecular complexity index is 744. The van der Waals surface area contributed by atoms with Gasteiger partial charge in [-0.1, -0.05) is 25.1 Å². The number of hydrogen-bond acceptors (Lipinski definition) is 4. The Morgan fingerprint density at radius 1 is 1.35 bits per heavy atom. The quantitative estimate of drug-likeness (QED) is 0.638. The first-order valence-corrected chi connectivity index (χ1v) is 9.11. The van der Waals surface area contributed by atoms with Gasteiger partial charge in [-0.3, -0.25) is 0 Å². The average molecular weight is 353 g/mol. The van der Waals surface area contributed by atoms with Crippen molar-refractivity contribution < 1.29 is 4.74 Å². The topological polar surface area (TPSA) is 75.8 Å². The van der Waals surface area contributed by atoms with Crippen molar-refractivity contribution in [1.82, 2.24) is 4.98 Å². The van der Waals surface area contributed by atoms with E-state index in [1.807, 2.05) is 24.4 Å². The smallest absolute Gasteiger partial charge is 0.193 e. The molecule has 1 fully saturated rings. The Labute approximate surface area is 155 Å². The molecule has 0 bridgehead atoms. The van der Waals surface area contributed by atoms with Crippen molar-refractivity contribution in [3.05, 3.63) is 53.7 Å². The van der Waals surface area contributed by atoms with Gasteiger partial charge in [0.2, 0.25) is 0 Å². The standard InChI is InChI=1S/C20H27N5O/c1-3-16-5-4-6-18(11-16)24-20(21)23-13-17-7-8-19(22-12-17)25-9-10-26-15(2)14-25/h4-8,11-12,15H,3,9-10,13-14H2,1-2H3,(H3,21,23,24). The van der Waals surface area contributed by atoms with Crippen LogP contribution in [-0.2, 0) is 17.7 Å². The number of rotatable bonds is 5. The summed E-state index contributed by atoms with van der Waals surface area (Å²) >= 11 is 0. The molecule has 1 saturated heterocycles.